The minimum absolute atomic E-state index is 0. The number of carbonyl (C=O) groups excluding carboxylic acids is 1. The normalized spacial score (nSPS) is 10.4. The molecule has 0 spiro atoms. The van der Waals surface area contributed by atoms with Crippen LogP contribution in [0.1, 0.15) is 5.56 Å². The molecular formula is C12H19ClN2O2. The van der Waals surface area contributed by atoms with Gasteiger partial charge in [-0.3, -0.25) is 5.32 Å². The van der Waals surface area contributed by atoms with Crippen LogP contribution in [0, 0.1) is 6.92 Å². The molecule has 0 atom stereocenters. The molecule has 0 bridgehead atoms. The molecule has 0 aliphatic heterocycles. The number of halogens is 1. The highest BCUT2D eigenvalue weighted by Gasteiger charge is 2.11. The summed E-state index contributed by atoms with van der Waals surface area (Å²) in [6.45, 7) is 2.44. The zero-order valence-electron chi connectivity index (χ0n) is 10.7. The number of ether oxygens (including phenoxy) is 1. The van der Waals surface area contributed by atoms with Gasteiger partial charge < -0.3 is 21.6 Å². The van der Waals surface area contributed by atoms with Crippen molar-refractivity contribution in [3.8, 4) is 5.75 Å². The molecule has 1 amide bonds. The molecule has 1 N–H and O–H groups in total. The molecule has 1 rings (SSSR count). The van der Waals surface area contributed by atoms with Crippen molar-refractivity contribution >= 4 is 6.09 Å². The Hall–Kier alpha value is -1.26. The Labute approximate surface area is 109 Å². The molecule has 1 aromatic carbocycles. The highest BCUT2D eigenvalue weighted by Crippen LogP contribution is 2.15. The van der Waals surface area contributed by atoms with Gasteiger partial charge in [-0.05, 0) is 18.6 Å². The van der Waals surface area contributed by atoms with Crippen molar-refractivity contribution in [1.29, 1.82) is 0 Å². The smallest absolute Gasteiger partial charge is 0.416 e. The Morgan fingerprint density at radius 2 is 1.88 bits per heavy atom. The zero-order chi connectivity index (χ0) is 12.2. The molecule has 0 aromatic heterocycles. The number of amides is 1. The van der Waals surface area contributed by atoms with Gasteiger partial charge in [-0.2, -0.15) is 0 Å². The molecule has 0 heterocycles. The van der Waals surface area contributed by atoms with Crippen molar-refractivity contribution in [3.05, 3.63) is 29.8 Å². The van der Waals surface area contributed by atoms with E-state index in [2.05, 4.69) is 5.32 Å². The Kier molecular flexibility index (Phi) is 5.99. The van der Waals surface area contributed by atoms with Crippen molar-refractivity contribution < 1.29 is 26.4 Å². The van der Waals surface area contributed by atoms with Crippen LogP contribution in [0.2, 0.25) is 0 Å². The number of benzene rings is 1. The third kappa shape index (κ3) is 6.14. The number of nitrogens with zero attached hydrogens (tertiary/aromatic N) is 1. The monoisotopic (exact) mass is 258 g/mol. The van der Waals surface area contributed by atoms with Gasteiger partial charge in [0.25, 0.3) is 0 Å². The molecule has 17 heavy (non-hydrogen) atoms. The van der Waals surface area contributed by atoms with Crippen LogP contribution in [0.4, 0.5) is 4.79 Å². The number of hydrogen-bond donors (Lipinski definition) is 1. The predicted octanol–water partition coefficient (Wildman–Crippen LogP) is -1.25. The van der Waals surface area contributed by atoms with Crippen LogP contribution < -0.4 is 22.5 Å². The van der Waals surface area contributed by atoms with E-state index in [1.165, 1.54) is 0 Å². The summed E-state index contributed by atoms with van der Waals surface area (Å²) in [5, 5.41) is 2.71. The molecule has 4 nitrogen and oxygen atoms in total. The third-order valence-electron chi connectivity index (χ3n) is 1.99. The van der Waals surface area contributed by atoms with Crippen LogP contribution in [-0.4, -0.2) is 38.4 Å². The van der Waals surface area contributed by atoms with Gasteiger partial charge in [0.1, 0.15) is 5.75 Å². The van der Waals surface area contributed by atoms with E-state index in [9.17, 15) is 4.79 Å². The second-order valence-corrected chi connectivity index (χ2v) is 4.78. The summed E-state index contributed by atoms with van der Waals surface area (Å²) in [7, 11) is 5.98. The molecule has 96 valence electrons. The van der Waals surface area contributed by atoms with E-state index < -0.39 is 6.09 Å². The van der Waals surface area contributed by atoms with Gasteiger partial charge in [0.2, 0.25) is 0 Å². The standard InChI is InChI=1S/C12H18N2O2.ClH/c1-10-7-5-6-8-11(10)16-12(15)13-9-14(2,3)4;/h5-8H,9H2,1-4H3;1H. The van der Waals surface area contributed by atoms with Gasteiger partial charge in [-0.25, -0.2) is 4.79 Å². The van der Waals surface area contributed by atoms with Gasteiger partial charge in [0, 0.05) is 0 Å². The first-order chi connectivity index (χ1) is 7.38. The minimum atomic E-state index is -0.414. The molecule has 0 fully saturated rings. The maximum Gasteiger partial charge on any atom is 0.416 e. The lowest BCUT2D eigenvalue weighted by Gasteiger charge is -2.23. The lowest BCUT2D eigenvalue weighted by molar-refractivity contribution is -0.872. The van der Waals surface area contributed by atoms with Crippen LogP contribution in [0.5, 0.6) is 5.75 Å². The summed E-state index contributed by atoms with van der Waals surface area (Å²) >= 11 is 0. The van der Waals surface area contributed by atoms with E-state index in [-0.39, 0.29) is 12.4 Å². The van der Waals surface area contributed by atoms with Gasteiger partial charge >= 0.3 is 6.09 Å². The number of quaternary nitrogens is 1. The highest BCUT2D eigenvalue weighted by atomic mass is 35.5. The highest BCUT2D eigenvalue weighted by molar-refractivity contribution is 5.70. The average molecular weight is 259 g/mol. The summed E-state index contributed by atoms with van der Waals surface area (Å²) in [4.78, 5) is 11.5. The van der Waals surface area contributed by atoms with Crippen LogP contribution in [0.3, 0.4) is 0 Å². The first-order valence-corrected chi connectivity index (χ1v) is 5.20. The average Bonchev–Trinajstić information content (AvgIpc) is 2.18. The summed E-state index contributed by atoms with van der Waals surface area (Å²) in [5.74, 6) is 0.599. The van der Waals surface area contributed by atoms with Gasteiger partial charge in [0.15, 0.2) is 6.67 Å². The van der Waals surface area contributed by atoms with Crippen LogP contribution in [0.15, 0.2) is 24.3 Å². The minimum Gasteiger partial charge on any atom is -1.00 e. The van der Waals surface area contributed by atoms with Crippen molar-refractivity contribution in [2.75, 3.05) is 27.8 Å². The summed E-state index contributed by atoms with van der Waals surface area (Å²) < 4.78 is 5.84. The van der Waals surface area contributed by atoms with E-state index in [4.69, 9.17) is 4.74 Å². The molecule has 0 unspecified atom stereocenters. The zero-order valence-corrected chi connectivity index (χ0v) is 11.4. The summed E-state index contributed by atoms with van der Waals surface area (Å²) in [6.07, 6.45) is -0.414. The topological polar surface area (TPSA) is 38.3 Å². The van der Waals surface area contributed by atoms with Crippen molar-refractivity contribution in [2.45, 2.75) is 6.92 Å². The van der Waals surface area contributed by atoms with Crippen LogP contribution in [-0.2, 0) is 0 Å². The van der Waals surface area contributed by atoms with Gasteiger partial charge in [-0.15, -0.1) is 0 Å². The van der Waals surface area contributed by atoms with E-state index in [0.717, 1.165) is 5.56 Å². The fourth-order valence-electron chi connectivity index (χ4n) is 1.11. The molecule has 5 heteroatoms. The first kappa shape index (κ1) is 15.7. The number of carbonyl (C=O) groups is 1. The summed E-state index contributed by atoms with van der Waals surface area (Å²) in [5.41, 5.74) is 0.947. The van der Waals surface area contributed by atoms with E-state index in [0.29, 0.717) is 16.9 Å². The lowest BCUT2D eigenvalue weighted by Crippen LogP contribution is -3.00. The number of nitrogens with one attached hydrogen (secondary N) is 1. The van der Waals surface area contributed by atoms with Crippen LogP contribution in [0.25, 0.3) is 0 Å². The number of para-hydroxylation sites is 1. The van der Waals surface area contributed by atoms with E-state index in [1.807, 2.05) is 46.3 Å². The fraction of sp³-hybridized carbons (Fsp3) is 0.417. The predicted molar refractivity (Wildman–Crippen MR) is 63.2 cm³/mol. The van der Waals surface area contributed by atoms with Crippen molar-refractivity contribution in [3.63, 3.8) is 0 Å². The third-order valence-corrected chi connectivity index (χ3v) is 1.99. The molecule has 0 saturated carbocycles. The molecule has 1 aromatic rings. The largest absolute Gasteiger partial charge is 1.00 e. The fourth-order valence-corrected chi connectivity index (χ4v) is 1.11. The SMILES string of the molecule is Cc1ccccc1OC(=O)NC[N+](C)(C)C.[Cl-]. The van der Waals surface area contributed by atoms with Crippen LogP contribution >= 0.6 is 0 Å². The van der Waals surface area contributed by atoms with E-state index >= 15 is 0 Å². The Morgan fingerprint density at radius 3 is 2.41 bits per heavy atom. The number of aryl methyl sites for hydroxylation is 1. The van der Waals surface area contributed by atoms with Crippen molar-refractivity contribution in [1.82, 2.24) is 5.32 Å². The van der Waals surface area contributed by atoms with E-state index in [1.54, 1.807) is 6.07 Å². The Bertz CT molecular complexity index is 375. The van der Waals surface area contributed by atoms with Gasteiger partial charge in [-0.1, -0.05) is 18.2 Å². The molecule has 0 aliphatic carbocycles. The Balaban J connectivity index is 0.00000256. The summed E-state index contributed by atoms with van der Waals surface area (Å²) in [6, 6.07) is 7.44. The molecule has 0 radical (unpaired) electrons. The quantitative estimate of drug-likeness (QED) is 0.544. The second-order valence-electron chi connectivity index (χ2n) is 4.78. The lowest BCUT2D eigenvalue weighted by atomic mass is 10.2. The first-order valence-electron chi connectivity index (χ1n) is 5.20. The molecule has 0 saturated heterocycles. The van der Waals surface area contributed by atoms with Gasteiger partial charge in [0.05, 0.1) is 21.1 Å². The molecule has 0 aliphatic rings. The number of hydrogen-bond acceptors (Lipinski definition) is 2. The molecular weight excluding hydrogens is 240 g/mol. The van der Waals surface area contributed by atoms with Crippen molar-refractivity contribution in [2.24, 2.45) is 0 Å². The maximum absolute atomic E-state index is 11.5. The Morgan fingerprint density at radius 1 is 1.29 bits per heavy atom. The number of rotatable bonds is 3. The maximum atomic E-state index is 11.5. The second kappa shape index (κ2) is 6.47.